The Bertz CT molecular complexity index is 482. The van der Waals surface area contributed by atoms with Crippen LogP contribution in [-0.2, 0) is 4.74 Å². The van der Waals surface area contributed by atoms with E-state index < -0.39 is 0 Å². The van der Waals surface area contributed by atoms with Gasteiger partial charge in [0, 0.05) is 32.7 Å². The number of urea groups is 1. The van der Waals surface area contributed by atoms with E-state index in [1.54, 1.807) is 6.26 Å². The Hall–Kier alpha value is -1.57. The van der Waals surface area contributed by atoms with Crippen molar-refractivity contribution in [3.63, 3.8) is 0 Å². The standard InChI is InChI=1S/C17H28N4O3/c22-17(18-5-8-20-9-12-23-13-10-20)19-14-15(16-4-3-11-24-16)21-6-1-2-7-21/h3-4,11,15H,1-2,5-10,12-14H2,(H2,18,19,22). The van der Waals surface area contributed by atoms with Gasteiger partial charge in [-0.15, -0.1) is 0 Å². The first-order valence-electron chi connectivity index (χ1n) is 8.92. The second-order valence-corrected chi connectivity index (χ2v) is 6.37. The van der Waals surface area contributed by atoms with Crippen LogP contribution >= 0.6 is 0 Å². The van der Waals surface area contributed by atoms with Gasteiger partial charge < -0.3 is 19.8 Å². The van der Waals surface area contributed by atoms with Crippen molar-refractivity contribution in [2.45, 2.75) is 18.9 Å². The van der Waals surface area contributed by atoms with Crippen molar-refractivity contribution < 1.29 is 13.9 Å². The van der Waals surface area contributed by atoms with E-state index >= 15 is 0 Å². The molecule has 24 heavy (non-hydrogen) atoms. The zero-order valence-electron chi connectivity index (χ0n) is 14.2. The number of hydrogen-bond acceptors (Lipinski definition) is 5. The number of nitrogens with zero attached hydrogens (tertiary/aromatic N) is 2. The van der Waals surface area contributed by atoms with Gasteiger partial charge in [-0.3, -0.25) is 9.80 Å². The van der Waals surface area contributed by atoms with E-state index in [2.05, 4.69) is 20.4 Å². The number of carbonyl (C=O) groups excluding carboxylic acids is 1. The third kappa shape index (κ3) is 4.96. The highest BCUT2D eigenvalue weighted by Crippen LogP contribution is 2.24. The van der Waals surface area contributed by atoms with Gasteiger partial charge in [-0.2, -0.15) is 0 Å². The number of morpholine rings is 1. The van der Waals surface area contributed by atoms with Crippen LogP contribution in [-0.4, -0.2) is 74.9 Å². The van der Waals surface area contributed by atoms with Crippen LogP contribution in [0.25, 0.3) is 0 Å². The SMILES string of the molecule is O=C(NCCN1CCOCC1)NCC(c1ccco1)N1CCCC1. The Morgan fingerprint density at radius 3 is 2.67 bits per heavy atom. The van der Waals surface area contributed by atoms with Gasteiger partial charge in [-0.05, 0) is 38.1 Å². The first-order chi connectivity index (χ1) is 11.8. The normalized spacial score (nSPS) is 20.8. The maximum atomic E-state index is 12.1. The molecule has 2 amide bonds. The first-order valence-corrected chi connectivity index (χ1v) is 8.92. The van der Waals surface area contributed by atoms with Crippen LogP contribution in [0.4, 0.5) is 4.79 Å². The number of likely N-dealkylation sites (tertiary alicyclic amines) is 1. The molecule has 7 heteroatoms. The molecule has 1 aromatic heterocycles. The highest BCUT2D eigenvalue weighted by molar-refractivity contribution is 5.73. The number of nitrogens with one attached hydrogen (secondary N) is 2. The van der Waals surface area contributed by atoms with Gasteiger partial charge in [-0.1, -0.05) is 0 Å². The Morgan fingerprint density at radius 2 is 1.96 bits per heavy atom. The number of hydrogen-bond donors (Lipinski definition) is 2. The fourth-order valence-electron chi connectivity index (χ4n) is 3.35. The molecule has 0 aliphatic carbocycles. The fourth-order valence-corrected chi connectivity index (χ4v) is 3.35. The lowest BCUT2D eigenvalue weighted by Crippen LogP contribution is -2.45. The van der Waals surface area contributed by atoms with E-state index in [0.29, 0.717) is 13.1 Å². The predicted octanol–water partition coefficient (Wildman–Crippen LogP) is 1.05. The highest BCUT2D eigenvalue weighted by atomic mass is 16.5. The summed E-state index contributed by atoms with van der Waals surface area (Å²) in [5.74, 6) is 0.922. The monoisotopic (exact) mass is 336 g/mol. The number of carbonyl (C=O) groups is 1. The van der Waals surface area contributed by atoms with E-state index in [9.17, 15) is 4.79 Å². The molecule has 0 bridgehead atoms. The molecule has 134 valence electrons. The zero-order valence-corrected chi connectivity index (χ0v) is 14.2. The van der Waals surface area contributed by atoms with Crippen molar-refractivity contribution in [2.75, 3.05) is 59.0 Å². The molecule has 2 aliphatic rings. The minimum Gasteiger partial charge on any atom is -0.468 e. The summed E-state index contributed by atoms with van der Waals surface area (Å²) in [5, 5.41) is 5.93. The summed E-state index contributed by atoms with van der Waals surface area (Å²) in [4.78, 5) is 16.7. The van der Waals surface area contributed by atoms with Crippen molar-refractivity contribution in [3.05, 3.63) is 24.2 Å². The van der Waals surface area contributed by atoms with E-state index in [4.69, 9.17) is 9.15 Å². The van der Waals surface area contributed by atoms with Gasteiger partial charge in [0.15, 0.2) is 0 Å². The van der Waals surface area contributed by atoms with Crippen molar-refractivity contribution >= 4 is 6.03 Å². The van der Waals surface area contributed by atoms with Crippen LogP contribution < -0.4 is 10.6 Å². The molecule has 1 aromatic rings. The highest BCUT2D eigenvalue weighted by Gasteiger charge is 2.25. The maximum Gasteiger partial charge on any atom is 0.314 e. The molecule has 2 aliphatic heterocycles. The lowest BCUT2D eigenvalue weighted by Gasteiger charge is -2.27. The Labute approximate surface area is 143 Å². The number of furan rings is 1. The maximum absolute atomic E-state index is 12.1. The average Bonchev–Trinajstić information content (AvgIpc) is 3.30. The van der Waals surface area contributed by atoms with E-state index in [1.807, 2.05) is 12.1 Å². The van der Waals surface area contributed by atoms with Gasteiger partial charge in [0.2, 0.25) is 0 Å². The first kappa shape index (κ1) is 17.3. The third-order valence-electron chi connectivity index (χ3n) is 4.73. The molecule has 0 aromatic carbocycles. The second kappa shape index (κ2) is 9.05. The summed E-state index contributed by atoms with van der Waals surface area (Å²) >= 11 is 0. The molecule has 0 spiro atoms. The predicted molar refractivity (Wildman–Crippen MR) is 90.9 cm³/mol. The molecule has 0 radical (unpaired) electrons. The van der Waals surface area contributed by atoms with Crippen LogP contribution in [0.15, 0.2) is 22.8 Å². The number of ether oxygens (including phenoxy) is 1. The van der Waals surface area contributed by atoms with Crippen molar-refractivity contribution in [2.24, 2.45) is 0 Å². The quantitative estimate of drug-likeness (QED) is 0.779. The van der Waals surface area contributed by atoms with Gasteiger partial charge in [-0.25, -0.2) is 4.79 Å². The summed E-state index contributed by atoms with van der Waals surface area (Å²) in [7, 11) is 0. The van der Waals surface area contributed by atoms with E-state index in [1.165, 1.54) is 12.8 Å². The summed E-state index contributed by atoms with van der Waals surface area (Å²) in [5.41, 5.74) is 0. The summed E-state index contributed by atoms with van der Waals surface area (Å²) < 4.78 is 10.9. The molecule has 2 N–H and O–H groups in total. The molecule has 7 nitrogen and oxygen atoms in total. The lowest BCUT2D eigenvalue weighted by molar-refractivity contribution is 0.0387. The molecular weight excluding hydrogens is 308 g/mol. The second-order valence-electron chi connectivity index (χ2n) is 6.37. The Kier molecular flexibility index (Phi) is 6.51. The zero-order chi connectivity index (χ0) is 16.6. The lowest BCUT2D eigenvalue weighted by atomic mass is 10.2. The van der Waals surface area contributed by atoms with Gasteiger partial charge >= 0.3 is 6.03 Å². The topological polar surface area (TPSA) is 70.0 Å². The molecule has 2 saturated heterocycles. The largest absolute Gasteiger partial charge is 0.468 e. The molecule has 3 heterocycles. The molecule has 2 fully saturated rings. The summed E-state index contributed by atoms with van der Waals surface area (Å²) in [6.45, 7) is 7.66. The van der Waals surface area contributed by atoms with Crippen molar-refractivity contribution in [3.8, 4) is 0 Å². The molecule has 1 unspecified atom stereocenters. The molecular formula is C17H28N4O3. The van der Waals surface area contributed by atoms with Crippen LogP contribution in [0.2, 0.25) is 0 Å². The van der Waals surface area contributed by atoms with E-state index in [-0.39, 0.29) is 12.1 Å². The summed E-state index contributed by atoms with van der Waals surface area (Å²) in [6.07, 6.45) is 4.12. The van der Waals surface area contributed by atoms with Crippen molar-refractivity contribution in [1.29, 1.82) is 0 Å². The van der Waals surface area contributed by atoms with Crippen LogP contribution in [0.5, 0.6) is 0 Å². The van der Waals surface area contributed by atoms with Gasteiger partial charge in [0.25, 0.3) is 0 Å². The third-order valence-corrected chi connectivity index (χ3v) is 4.73. The van der Waals surface area contributed by atoms with Crippen LogP contribution in [0.3, 0.4) is 0 Å². The van der Waals surface area contributed by atoms with Crippen LogP contribution in [0.1, 0.15) is 24.6 Å². The Balaban J connectivity index is 1.39. The number of amides is 2. The molecule has 0 saturated carbocycles. The fraction of sp³-hybridized carbons (Fsp3) is 0.706. The number of rotatable bonds is 7. The molecule has 3 rings (SSSR count). The average molecular weight is 336 g/mol. The van der Waals surface area contributed by atoms with Gasteiger partial charge in [0.05, 0.1) is 25.5 Å². The summed E-state index contributed by atoms with van der Waals surface area (Å²) in [6, 6.07) is 3.90. The molecule has 1 atom stereocenters. The van der Waals surface area contributed by atoms with Crippen LogP contribution in [0, 0.1) is 0 Å². The smallest absolute Gasteiger partial charge is 0.314 e. The van der Waals surface area contributed by atoms with Crippen molar-refractivity contribution in [1.82, 2.24) is 20.4 Å². The minimum atomic E-state index is -0.112. The van der Waals surface area contributed by atoms with Gasteiger partial charge in [0.1, 0.15) is 5.76 Å². The Morgan fingerprint density at radius 1 is 1.17 bits per heavy atom. The minimum absolute atomic E-state index is 0.112. The van der Waals surface area contributed by atoms with E-state index in [0.717, 1.165) is 51.7 Å².